The maximum Gasteiger partial charge on any atom is 0.573 e. The summed E-state index contributed by atoms with van der Waals surface area (Å²) in [5.41, 5.74) is 2.27. The van der Waals surface area contributed by atoms with E-state index < -0.39 is 12.7 Å². The van der Waals surface area contributed by atoms with E-state index in [0.717, 1.165) is 11.3 Å². The molecule has 1 aromatic heterocycles. The largest absolute Gasteiger partial charge is 0.573 e. The molecule has 0 spiro atoms. The van der Waals surface area contributed by atoms with Crippen LogP contribution in [-0.4, -0.2) is 44.5 Å². The van der Waals surface area contributed by atoms with Crippen molar-refractivity contribution < 1.29 is 32.1 Å². The van der Waals surface area contributed by atoms with E-state index in [1.165, 1.54) is 24.3 Å². The second kappa shape index (κ2) is 10.5. The summed E-state index contributed by atoms with van der Waals surface area (Å²) >= 11 is 0. The minimum absolute atomic E-state index is 0.173. The first-order valence-electron chi connectivity index (χ1n) is 9.58. The summed E-state index contributed by atoms with van der Waals surface area (Å²) in [6, 6.07) is 7.44. The van der Waals surface area contributed by atoms with Gasteiger partial charge in [0, 0.05) is 31.6 Å². The first kappa shape index (κ1) is 23.8. The number of alkyl halides is 3. The van der Waals surface area contributed by atoms with Gasteiger partial charge in [-0.15, -0.1) is 13.2 Å². The quantitative estimate of drug-likeness (QED) is 0.488. The fourth-order valence-electron chi connectivity index (χ4n) is 2.87. The molecule has 2 aromatic rings. The number of pyridine rings is 1. The van der Waals surface area contributed by atoms with Crippen molar-refractivity contribution in [2.24, 2.45) is 0 Å². The van der Waals surface area contributed by atoms with Crippen LogP contribution in [0, 0.1) is 13.8 Å². The Morgan fingerprint density at radius 1 is 1.03 bits per heavy atom. The molecule has 0 unspecified atom stereocenters. The molecule has 0 N–H and O–H groups in total. The lowest BCUT2D eigenvalue weighted by molar-refractivity contribution is -0.274. The van der Waals surface area contributed by atoms with Crippen molar-refractivity contribution in [3.63, 3.8) is 0 Å². The number of aryl methyl sites for hydroxylation is 2. The highest BCUT2D eigenvalue weighted by Gasteiger charge is 2.31. The molecule has 6 nitrogen and oxygen atoms in total. The second-order valence-electron chi connectivity index (χ2n) is 6.49. The van der Waals surface area contributed by atoms with Crippen molar-refractivity contribution in [3.8, 4) is 11.5 Å². The average molecular weight is 428 g/mol. The zero-order valence-electron chi connectivity index (χ0n) is 17.7. The molecule has 9 heteroatoms. The number of halogens is 3. The van der Waals surface area contributed by atoms with E-state index in [1.54, 1.807) is 11.9 Å². The van der Waals surface area contributed by atoms with E-state index in [4.69, 9.17) is 14.2 Å². The number of ether oxygens (including phenoxy) is 4. The Labute approximate surface area is 174 Å². The van der Waals surface area contributed by atoms with Gasteiger partial charge in [0.1, 0.15) is 12.4 Å². The molecule has 1 heterocycles. The fraction of sp³-hybridized carbons (Fsp3) is 0.476. The third-order valence-corrected chi connectivity index (χ3v) is 4.11. The van der Waals surface area contributed by atoms with Gasteiger partial charge in [-0.25, -0.2) is 4.98 Å². The van der Waals surface area contributed by atoms with Crippen LogP contribution < -0.4 is 14.4 Å². The predicted octanol–water partition coefficient (Wildman–Crippen LogP) is 5.14. The van der Waals surface area contributed by atoms with Gasteiger partial charge in [0.25, 0.3) is 0 Å². The number of rotatable bonds is 10. The molecule has 2 rings (SSSR count). The van der Waals surface area contributed by atoms with Gasteiger partial charge in [0.15, 0.2) is 17.9 Å². The molecule has 1 aromatic carbocycles. The first-order valence-corrected chi connectivity index (χ1v) is 9.58. The summed E-state index contributed by atoms with van der Waals surface area (Å²) in [7, 11) is 1.76. The lowest BCUT2D eigenvalue weighted by Crippen LogP contribution is -2.26. The average Bonchev–Trinajstić information content (AvgIpc) is 2.66. The van der Waals surface area contributed by atoms with E-state index in [0.29, 0.717) is 30.5 Å². The van der Waals surface area contributed by atoms with Gasteiger partial charge in [0.05, 0.1) is 0 Å². The molecular formula is C21H27F3N2O4. The normalized spacial score (nSPS) is 11.6. The third-order valence-electron chi connectivity index (χ3n) is 4.11. The number of anilines is 2. The minimum atomic E-state index is -4.73. The zero-order valence-corrected chi connectivity index (χ0v) is 17.7. The smallest absolute Gasteiger partial charge is 0.484 e. The summed E-state index contributed by atoms with van der Waals surface area (Å²) in [6.45, 7) is 8.64. The molecule has 0 atom stereocenters. The van der Waals surface area contributed by atoms with Gasteiger partial charge in [-0.3, -0.25) is 0 Å². The van der Waals surface area contributed by atoms with Crippen molar-refractivity contribution in [1.82, 2.24) is 4.98 Å². The van der Waals surface area contributed by atoms with Crippen molar-refractivity contribution in [2.45, 2.75) is 40.3 Å². The van der Waals surface area contributed by atoms with E-state index in [-0.39, 0.29) is 12.4 Å². The number of hydrogen-bond donors (Lipinski definition) is 0. The van der Waals surface area contributed by atoms with Gasteiger partial charge < -0.3 is 23.8 Å². The highest BCUT2D eigenvalue weighted by molar-refractivity contribution is 5.67. The predicted molar refractivity (Wildman–Crippen MR) is 107 cm³/mol. The van der Waals surface area contributed by atoms with Crippen LogP contribution in [0.4, 0.5) is 24.7 Å². The van der Waals surface area contributed by atoms with E-state index >= 15 is 0 Å². The first-order chi connectivity index (χ1) is 14.1. The minimum Gasteiger partial charge on any atom is -0.484 e. The molecule has 0 radical (unpaired) electrons. The third kappa shape index (κ3) is 6.77. The maximum absolute atomic E-state index is 12.4. The van der Waals surface area contributed by atoms with Crippen molar-refractivity contribution >= 4 is 11.5 Å². The fourth-order valence-corrected chi connectivity index (χ4v) is 2.87. The van der Waals surface area contributed by atoms with Gasteiger partial charge >= 0.3 is 6.36 Å². The molecule has 0 fully saturated rings. The topological polar surface area (TPSA) is 53.1 Å². The molecule has 0 aliphatic rings. The van der Waals surface area contributed by atoms with E-state index in [1.807, 2.05) is 33.8 Å². The summed E-state index contributed by atoms with van der Waals surface area (Å²) in [4.78, 5) is 6.31. The van der Waals surface area contributed by atoms with Crippen LogP contribution in [0.3, 0.4) is 0 Å². The van der Waals surface area contributed by atoms with Gasteiger partial charge in [-0.05, 0) is 63.6 Å². The van der Waals surface area contributed by atoms with Crippen LogP contribution in [0.15, 0.2) is 30.3 Å². The maximum atomic E-state index is 12.4. The molecule has 0 aliphatic heterocycles. The molecular weight excluding hydrogens is 401 g/mol. The Morgan fingerprint density at radius 3 is 2.17 bits per heavy atom. The lowest BCUT2D eigenvalue weighted by Gasteiger charge is -2.25. The molecule has 30 heavy (non-hydrogen) atoms. The van der Waals surface area contributed by atoms with Crippen LogP contribution >= 0.6 is 0 Å². The Balaban J connectivity index is 2.27. The highest BCUT2D eigenvalue weighted by Crippen LogP contribution is 2.35. The summed E-state index contributed by atoms with van der Waals surface area (Å²) < 4.78 is 58.1. The second-order valence-corrected chi connectivity index (χ2v) is 6.49. The Bertz CT molecular complexity index is 807. The van der Waals surface area contributed by atoms with E-state index in [9.17, 15) is 13.2 Å². The van der Waals surface area contributed by atoms with Crippen LogP contribution in [-0.2, 0) is 9.47 Å². The molecule has 0 saturated carbocycles. The summed E-state index contributed by atoms with van der Waals surface area (Å²) in [5, 5.41) is 0. The SMILES string of the molecule is CCOC(COc1c(C)cc(C)nc1N(C)c1ccc(OC(F)(F)F)cc1)OCC. The molecule has 0 aliphatic carbocycles. The molecule has 0 saturated heterocycles. The zero-order chi connectivity index (χ0) is 22.3. The highest BCUT2D eigenvalue weighted by atomic mass is 19.4. The number of nitrogens with zero attached hydrogens (tertiary/aromatic N) is 2. The standard InChI is InChI=1S/C21H27F3N2O4/c1-6-27-18(28-7-2)13-29-19-14(3)12-15(4)25-20(19)26(5)16-8-10-17(11-9-16)30-21(22,23)24/h8-12,18H,6-7,13H2,1-5H3. The number of benzene rings is 1. The molecule has 0 bridgehead atoms. The lowest BCUT2D eigenvalue weighted by atomic mass is 10.2. The molecule has 166 valence electrons. The summed E-state index contributed by atoms with van der Waals surface area (Å²) in [5.74, 6) is 0.785. The Morgan fingerprint density at radius 2 is 1.63 bits per heavy atom. The number of aromatic nitrogens is 1. The summed E-state index contributed by atoms with van der Waals surface area (Å²) in [6.07, 6.45) is -5.25. The molecule has 0 amide bonds. The van der Waals surface area contributed by atoms with Crippen molar-refractivity contribution in [2.75, 3.05) is 31.8 Å². The monoisotopic (exact) mass is 428 g/mol. The van der Waals surface area contributed by atoms with Crippen molar-refractivity contribution in [1.29, 1.82) is 0 Å². The van der Waals surface area contributed by atoms with Crippen LogP contribution in [0.25, 0.3) is 0 Å². The van der Waals surface area contributed by atoms with Gasteiger partial charge in [-0.2, -0.15) is 0 Å². The van der Waals surface area contributed by atoms with Gasteiger partial charge in [0.2, 0.25) is 0 Å². The Kier molecular flexibility index (Phi) is 8.31. The van der Waals surface area contributed by atoms with E-state index in [2.05, 4.69) is 9.72 Å². The Hall–Kier alpha value is -2.52. The van der Waals surface area contributed by atoms with Gasteiger partial charge in [-0.1, -0.05) is 0 Å². The number of hydrogen-bond acceptors (Lipinski definition) is 6. The van der Waals surface area contributed by atoms with Crippen molar-refractivity contribution in [3.05, 3.63) is 41.6 Å². The van der Waals surface area contributed by atoms with Crippen LogP contribution in [0.5, 0.6) is 11.5 Å². The van der Waals surface area contributed by atoms with Crippen LogP contribution in [0.1, 0.15) is 25.1 Å². The van der Waals surface area contributed by atoms with Crippen LogP contribution in [0.2, 0.25) is 0 Å².